The molecule has 4 heteroatoms. The Hall–Kier alpha value is -1.32. The van der Waals surface area contributed by atoms with Gasteiger partial charge in [0.15, 0.2) is 0 Å². The number of benzene rings is 2. The second kappa shape index (κ2) is 5.23. The number of para-hydroxylation sites is 1. The number of rotatable bonds is 2. The van der Waals surface area contributed by atoms with Crippen LogP contribution in [0, 0.1) is 6.92 Å². The van der Waals surface area contributed by atoms with Gasteiger partial charge in [0, 0.05) is 10.2 Å². The Morgan fingerprint density at radius 1 is 1.20 bits per heavy atom. The molecule has 1 aromatic heterocycles. The van der Waals surface area contributed by atoms with Gasteiger partial charge in [-0.1, -0.05) is 34.1 Å². The largest absolute Gasteiger partial charge is 0.295 e. The van der Waals surface area contributed by atoms with Crippen LogP contribution in [-0.2, 0) is 0 Å². The second-order valence-electron chi connectivity index (χ2n) is 4.84. The van der Waals surface area contributed by atoms with Crippen molar-refractivity contribution >= 4 is 38.6 Å². The quantitative estimate of drug-likeness (QED) is 0.567. The Bertz CT molecular complexity index is 777. The van der Waals surface area contributed by atoms with Crippen molar-refractivity contribution in [1.29, 1.82) is 0 Å². The van der Waals surface area contributed by atoms with E-state index in [9.17, 15) is 0 Å². The zero-order valence-corrected chi connectivity index (χ0v) is 13.6. The minimum absolute atomic E-state index is 0.152. The average molecular weight is 350 g/mol. The monoisotopic (exact) mass is 348 g/mol. The van der Waals surface area contributed by atoms with Gasteiger partial charge in [-0.25, -0.2) is 4.98 Å². The molecule has 0 fully saturated rings. The molecule has 0 saturated carbocycles. The molecule has 3 aromatic rings. The zero-order valence-electron chi connectivity index (χ0n) is 11.3. The average Bonchev–Trinajstić information content (AvgIpc) is 2.80. The zero-order chi connectivity index (χ0) is 14.3. The molecule has 0 bridgehead atoms. The first-order chi connectivity index (χ1) is 9.58. The number of halogens is 2. The molecule has 0 amide bonds. The Morgan fingerprint density at radius 3 is 2.65 bits per heavy atom. The van der Waals surface area contributed by atoms with Crippen LogP contribution < -0.4 is 0 Å². The topological polar surface area (TPSA) is 17.8 Å². The van der Waals surface area contributed by atoms with E-state index < -0.39 is 0 Å². The minimum Gasteiger partial charge on any atom is -0.295 e. The molecule has 3 rings (SSSR count). The maximum Gasteiger partial charge on any atom is 0.132 e. The highest BCUT2D eigenvalue weighted by Crippen LogP contribution is 2.30. The molecule has 1 atom stereocenters. The molecule has 0 spiro atoms. The number of hydrogen-bond donors (Lipinski definition) is 0. The SMILES string of the molecule is Cc1cccc2nc(C(C)Cl)n(-c3cccc(Br)c3)c12. The van der Waals surface area contributed by atoms with Crippen LogP contribution in [0.15, 0.2) is 46.9 Å². The molecule has 0 N–H and O–H groups in total. The van der Waals surface area contributed by atoms with Gasteiger partial charge < -0.3 is 0 Å². The fraction of sp³-hybridized carbons (Fsp3) is 0.188. The van der Waals surface area contributed by atoms with Gasteiger partial charge in [0.25, 0.3) is 0 Å². The number of hydrogen-bond acceptors (Lipinski definition) is 1. The van der Waals surface area contributed by atoms with E-state index >= 15 is 0 Å². The molecular weight excluding hydrogens is 336 g/mol. The van der Waals surface area contributed by atoms with Crippen LogP contribution in [0.25, 0.3) is 16.7 Å². The van der Waals surface area contributed by atoms with Crippen LogP contribution in [0.3, 0.4) is 0 Å². The van der Waals surface area contributed by atoms with E-state index in [1.807, 2.05) is 31.2 Å². The third-order valence-electron chi connectivity index (χ3n) is 3.33. The summed E-state index contributed by atoms with van der Waals surface area (Å²) in [5, 5.41) is -0.152. The summed E-state index contributed by atoms with van der Waals surface area (Å²) in [7, 11) is 0. The molecule has 0 aliphatic heterocycles. The van der Waals surface area contributed by atoms with E-state index in [2.05, 4.69) is 45.6 Å². The second-order valence-corrected chi connectivity index (χ2v) is 6.41. The number of alkyl halides is 1. The van der Waals surface area contributed by atoms with Gasteiger partial charge in [-0.05, 0) is 43.7 Å². The molecule has 2 nitrogen and oxygen atoms in total. The summed E-state index contributed by atoms with van der Waals surface area (Å²) < 4.78 is 3.19. The van der Waals surface area contributed by atoms with Crippen molar-refractivity contribution in [3.63, 3.8) is 0 Å². The summed E-state index contributed by atoms with van der Waals surface area (Å²) in [4.78, 5) is 4.69. The van der Waals surface area contributed by atoms with E-state index in [-0.39, 0.29) is 5.38 Å². The van der Waals surface area contributed by atoms with E-state index in [0.29, 0.717) is 0 Å². The lowest BCUT2D eigenvalue weighted by Crippen LogP contribution is -2.02. The molecule has 20 heavy (non-hydrogen) atoms. The minimum atomic E-state index is -0.152. The van der Waals surface area contributed by atoms with Gasteiger partial charge in [0.2, 0.25) is 0 Å². The van der Waals surface area contributed by atoms with Gasteiger partial charge in [0.1, 0.15) is 5.82 Å². The number of nitrogens with zero attached hydrogens (tertiary/aromatic N) is 2. The number of fused-ring (bicyclic) bond motifs is 1. The molecule has 1 unspecified atom stereocenters. The maximum absolute atomic E-state index is 6.33. The molecule has 2 aromatic carbocycles. The first-order valence-electron chi connectivity index (χ1n) is 6.46. The van der Waals surface area contributed by atoms with E-state index in [4.69, 9.17) is 16.6 Å². The highest BCUT2D eigenvalue weighted by atomic mass is 79.9. The Morgan fingerprint density at radius 2 is 1.95 bits per heavy atom. The summed E-state index contributed by atoms with van der Waals surface area (Å²) in [5.74, 6) is 0.870. The van der Waals surface area contributed by atoms with Crippen molar-refractivity contribution in [2.45, 2.75) is 19.2 Å². The van der Waals surface area contributed by atoms with E-state index in [1.165, 1.54) is 5.56 Å². The summed E-state index contributed by atoms with van der Waals surface area (Å²) in [5.41, 5.74) is 4.36. The van der Waals surface area contributed by atoms with Crippen molar-refractivity contribution < 1.29 is 0 Å². The van der Waals surface area contributed by atoms with Crippen LogP contribution in [0.1, 0.15) is 23.7 Å². The van der Waals surface area contributed by atoms with Crippen LogP contribution >= 0.6 is 27.5 Å². The standard InChI is InChI=1S/C16H14BrClN2/c1-10-5-3-8-14-15(10)20(16(19-14)11(2)18)13-7-4-6-12(17)9-13/h3-9,11H,1-2H3. The number of aromatic nitrogens is 2. The predicted octanol–water partition coefficient (Wildman–Crippen LogP) is 5.40. The van der Waals surface area contributed by atoms with E-state index in [0.717, 1.165) is 27.0 Å². The third kappa shape index (κ3) is 2.25. The lowest BCUT2D eigenvalue weighted by molar-refractivity contribution is 0.881. The normalized spacial score (nSPS) is 12.8. The van der Waals surface area contributed by atoms with Crippen LogP contribution in [0.2, 0.25) is 0 Å². The molecular formula is C16H14BrClN2. The first kappa shape index (κ1) is 13.7. The molecule has 0 saturated heterocycles. The number of imidazole rings is 1. The summed E-state index contributed by atoms with van der Waals surface area (Å²) in [6.07, 6.45) is 0. The van der Waals surface area contributed by atoms with Crippen molar-refractivity contribution in [1.82, 2.24) is 9.55 Å². The predicted molar refractivity (Wildman–Crippen MR) is 87.8 cm³/mol. The van der Waals surface area contributed by atoms with Crippen LogP contribution in [0.5, 0.6) is 0 Å². The maximum atomic E-state index is 6.33. The van der Waals surface area contributed by atoms with Crippen LogP contribution in [0.4, 0.5) is 0 Å². The lowest BCUT2D eigenvalue weighted by atomic mass is 10.2. The fourth-order valence-corrected chi connectivity index (χ4v) is 2.99. The van der Waals surface area contributed by atoms with Gasteiger partial charge in [-0.15, -0.1) is 11.6 Å². The molecule has 102 valence electrons. The van der Waals surface area contributed by atoms with Gasteiger partial charge in [0.05, 0.1) is 16.4 Å². The van der Waals surface area contributed by atoms with Crippen molar-refractivity contribution in [2.75, 3.05) is 0 Å². The van der Waals surface area contributed by atoms with Crippen molar-refractivity contribution in [2.24, 2.45) is 0 Å². The van der Waals surface area contributed by atoms with Crippen LogP contribution in [-0.4, -0.2) is 9.55 Å². The molecule has 0 aliphatic rings. The highest BCUT2D eigenvalue weighted by Gasteiger charge is 2.17. The van der Waals surface area contributed by atoms with E-state index in [1.54, 1.807) is 0 Å². The van der Waals surface area contributed by atoms with Crippen molar-refractivity contribution in [3.8, 4) is 5.69 Å². The van der Waals surface area contributed by atoms with Gasteiger partial charge in [-0.2, -0.15) is 0 Å². The van der Waals surface area contributed by atoms with Crippen molar-refractivity contribution in [3.05, 3.63) is 58.3 Å². The lowest BCUT2D eigenvalue weighted by Gasteiger charge is -2.12. The summed E-state index contributed by atoms with van der Waals surface area (Å²) in [6.45, 7) is 4.05. The first-order valence-corrected chi connectivity index (χ1v) is 7.69. The Kier molecular flexibility index (Phi) is 3.57. The van der Waals surface area contributed by atoms with Gasteiger partial charge >= 0.3 is 0 Å². The Labute approximate surface area is 131 Å². The third-order valence-corrected chi connectivity index (χ3v) is 4.01. The van der Waals surface area contributed by atoms with Gasteiger partial charge in [-0.3, -0.25) is 4.57 Å². The highest BCUT2D eigenvalue weighted by molar-refractivity contribution is 9.10. The Balaban J connectivity index is 2.40. The smallest absolute Gasteiger partial charge is 0.132 e. The molecule has 0 radical (unpaired) electrons. The number of aryl methyl sites for hydroxylation is 1. The fourth-order valence-electron chi connectivity index (χ4n) is 2.46. The summed E-state index contributed by atoms with van der Waals surface area (Å²) in [6, 6.07) is 14.3. The molecule has 0 aliphatic carbocycles. The molecule has 1 heterocycles. The summed E-state index contributed by atoms with van der Waals surface area (Å²) >= 11 is 9.85.